The van der Waals surface area contributed by atoms with Gasteiger partial charge in [-0.1, -0.05) is 0 Å². The third-order valence-electron chi connectivity index (χ3n) is 5.51. The van der Waals surface area contributed by atoms with E-state index in [1.807, 2.05) is 13.0 Å². The molecule has 0 aliphatic heterocycles. The highest BCUT2D eigenvalue weighted by molar-refractivity contribution is 5.98. The Balaban J connectivity index is 1.74. The molecule has 0 spiro atoms. The molecule has 4 rings (SSSR count). The molecule has 0 fully saturated rings. The van der Waals surface area contributed by atoms with Crippen LogP contribution in [0.3, 0.4) is 0 Å². The predicted molar refractivity (Wildman–Crippen MR) is 125 cm³/mol. The number of rotatable bonds is 6. The van der Waals surface area contributed by atoms with E-state index < -0.39 is 11.9 Å². The summed E-state index contributed by atoms with van der Waals surface area (Å²) in [6.07, 6.45) is 1.51. The fourth-order valence-corrected chi connectivity index (χ4v) is 3.59. The number of halogens is 1. The summed E-state index contributed by atoms with van der Waals surface area (Å²) < 4.78 is 14.5. The summed E-state index contributed by atoms with van der Waals surface area (Å²) in [5.41, 5.74) is 8.62. The van der Waals surface area contributed by atoms with E-state index in [4.69, 9.17) is 5.73 Å². The van der Waals surface area contributed by atoms with E-state index in [0.717, 1.165) is 10.9 Å². The second-order valence-corrected chi connectivity index (χ2v) is 7.74. The third-order valence-corrected chi connectivity index (χ3v) is 5.51. The molecular formula is C24H24FN7O. The number of amides is 1. The van der Waals surface area contributed by atoms with Gasteiger partial charge in [0.2, 0.25) is 0 Å². The largest absolute Gasteiger partial charge is 0.383 e. The highest BCUT2D eigenvalue weighted by Gasteiger charge is 2.27. The first kappa shape index (κ1) is 22.1. The van der Waals surface area contributed by atoms with Crippen molar-refractivity contribution < 1.29 is 9.18 Å². The zero-order valence-corrected chi connectivity index (χ0v) is 18.6. The predicted octanol–water partition coefficient (Wildman–Crippen LogP) is 3.89. The number of aryl methyl sites for hydroxylation is 1. The number of nitrogens with two attached hydrogens (primary N) is 1. The van der Waals surface area contributed by atoms with Gasteiger partial charge < -0.3 is 16.0 Å². The van der Waals surface area contributed by atoms with Crippen molar-refractivity contribution >= 4 is 28.4 Å². The smallest absolute Gasteiger partial charge is 0.254 e. The van der Waals surface area contributed by atoms with Gasteiger partial charge in [0, 0.05) is 24.2 Å². The van der Waals surface area contributed by atoms with Crippen LogP contribution in [0.2, 0.25) is 0 Å². The molecule has 0 radical (unpaired) electrons. The monoisotopic (exact) mass is 445 g/mol. The molecule has 0 aliphatic carbocycles. The first-order chi connectivity index (χ1) is 15.9. The molecule has 1 aromatic carbocycles. The number of hydrogen-bond donors (Lipinski definition) is 2. The zero-order chi connectivity index (χ0) is 23.5. The van der Waals surface area contributed by atoms with Crippen molar-refractivity contribution in [2.24, 2.45) is 0 Å². The molecule has 4 aromatic rings. The Morgan fingerprint density at radius 2 is 2.00 bits per heavy atom. The highest BCUT2D eigenvalue weighted by atomic mass is 19.1. The van der Waals surface area contributed by atoms with Gasteiger partial charge in [-0.25, -0.2) is 9.37 Å². The number of nitrogens with one attached hydrogen (secondary N) is 1. The number of carbonyl (C=O) groups excluding carboxylic acids is 1. The van der Waals surface area contributed by atoms with Crippen LogP contribution in [0.5, 0.6) is 0 Å². The Morgan fingerprint density at radius 3 is 2.70 bits per heavy atom. The van der Waals surface area contributed by atoms with Crippen LogP contribution >= 0.6 is 0 Å². The van der Waals surface area contributed by atoms with E-state index in [0.29, 0.717) is 28.4 Å². The first-order valence-electron chi connectivity index (χ1n) is 10.5. The summed E-state index contributed by atoms with van der Waals surface area (Å²) in [5, 5.41) is 12.0. The average Bonchev–Trinajstić information content (AvgIpc) is 2.83. The van der Waals surface area contributed by atoms with Gasteiger partial charge in [0.05, 0.1) is 29.5 Å². The lowest BCUT2D eigenvalue weighted by Crippen LogP contribution is -2.34. The molecule has 168 valence electrons. The zero-order valence-electron chi connectivity index (χ0n) is 18.6. The van der Waals surface area contributed by atoms with Crippen molar-refractivity contribution in [3.8, 4) is 0 Å². The summed E-state index contributed by atoms with van der Waals surface area (Å²) >= 11 is 0. The molecule has 0 saturated carbocycles. The summed E-state index contributed by atoms with van der Waals surface area (Å²) in [7, 11) is 1.75. The molecule has 0 aliphatic rings. The molecule has 33 heavy (non-hydrogen) atoms. The van der Waals surface area contributed by atoms with Crippen molar-refractivity contribution in [2.45, 2.75) is 26.4 Å². The normalized spacial score (nSPS) is 11.9. The summed E-state index contributed by atoms with van der Waals surface area (Å²) in [4.78, 5) is 23.7. The van der Waals surface area contributed by atoms with Gasteiger partial charge in [-0.05, 0) is 67.9 Å². The van der Waals surface area contributed by atoms with Crippen molar-refractivity contribution in [1.29, 1.82) is 0 Å². The number of hydrogen-bond acceptors (Lipinski definition) is 7. The molecule has 3 N–H and O–H groups in total. The minimum atomic E-state index is -0.647. The Labute approximate surface area is 190 Å². The number of aromatic nitrogens is 4. The number of benzene rings is 1. The van der Waals surface area contributed by atoms with Crippen LogP contribution < -0.4 is 11.1 Å². The van der Waals surface area contributed by atoms with E-state index in [-0.39, 0.29) is 18.1 Å². The van der Waals surface area contributed by atoms with Gasteiger partial charge in [-0.15, -0.1) is 5.10 Å². The molecule has 9 heteroatoms. The van der Waals surface area contributed by atoms with Crippen LogP contribution in [0.15, 0.2) is 54.7 Å². The van der Waals surface area contributed by atoms with Gasteiger partial charge >= 0.3 is 0 Å². The van der Waals surface area contributed by atoms with Crippen LogP contribution in [0.1, 0.15) is 40.3 Å². The van der Waals surface area contributed by atoms with E-state index >= 15 is 0 Å². The third kappa shape index (κ3) is 4.57. The summed E-state index contributed by atoms with van der Waals surface area (Å²) in [5.74, 6) is 0.291. The van der Waals surface area contributed by atoms with Gasteiger partial charge in [-0.3, -0.25) is 9.78 Å². The molecule has 1 atom stereocenters. The number of nitrogens with zero attached hydrogens (tertiary/aromatic N) is 5. The molecule has 8 nitrogen and oxygen atoms in total. The van der Waals surface area contributed by atoms with Crippen LogP contribution in [0.4, 0.5) is 16.0 Å². The van der Waals surface area contributed by atoms with Crippen molar-refractivity contribution in [3.05, 3.63) is 83.1 Å². The molecule has 3 aromatic heterocycles. The van der Waals surface area contributed by atoms with E-state index in [1.165, 1.54) is 23.2 Å². The van der Waals surface area contributed by atoms with Crippen molar-refractivity contribution in [3.63, 3.8) is 0 Å². The number of anilines is 2. The Kier molecular flexibility index (Phi) is 6.12. The fraction of sp³-hybridized carbons (Fsp3) is 0.208. The highest BCUT2D eigenvalue weighted by Crippen LogP contribution is 2.26. The lowest BCUT2D eigenvalue weighted by atomic mass is 10.1. The molecular weight excluding hydrogens is 421 g/mol. The van der Waals surface area contributed by atoms with Crippen LogP contribution in [-0.4, -0.2) is 38.0 Å². The topological polar surface area (TPSA) is 110 Å². The Hall–Kier alpha value is -4.14. The van der Waals surface area contributed by atoms with E-state index in [2.05, 4.69) is 25.5 Å². The lowest BCUT2D eigenvalue weighted by molar-refractivity contribution is 0.0664. The van der Waals surface area contributed by atoms with E-state index in [9.17, 15) is 9.18 Å². The minimum absolute atomic E-state index is 0.129. The maximum absolute atomic E-state index is 14.5. The van der Waals surface area contributed by atoms with Crippen LogP contribution in [0, 0.1) is 12.7 Å². The van der Waals surface area contributed by atoms with Gasteiger partial charge in [-0.2, -0.15) is 5.10 Å². The summed E-state index contributed by atoms with van der Waals surface area (Å²) in [6, 6.07) is 12.8. The quantitative estimate of drug-likeness (QED) is 0.463. The molecule has 3 heterocycles. The van der Waals surface area contributed by atoms with Crippen LogP contribution in [-0.2, 0) is 6.54 Å². The SMILES string of the molecule is CNc1ccc(CN(C(=O)c2ccc3nc(N)c(C)cc3c2)C(C)c2ncccc2F)nn1. The number of fused-ring (bicyclic) bond motifs is 1. The number of nitrogen functional groups attached to an aromatic ring is 1. The Bertz CT molecular complexity index is 1310. The van der Waals surface area contributed by atoms with Gasteiger partial charge in [0.25, 0.3) is 5.91 Å². The standard InChI is InChI=1S/C24H24FN7O/c1-14-11-17-12-16(6-8-20(17)29-23(14)26)24(33)32(13-18-7-9-21(27-3)31-30-18)15(2)22-19(25)5-4-10-28-22/h4-12,15H,13H2,1-3H3,(H2,26,29)(H,27,31). The van der Waals surface area contributed by atoms with Crippen molar-refractivity contribution in [2.75, 3.05) is 18.1 Å². The molecule has 1 unspecified atom stereocenters. The maximum atomic E-state index is 14.5. The fourth-order valence-electron chi connectivity index (χ4n) is 3.59. The van der Waals surface area contributed by atoms with E-state index in [1.54, 1.807) is 44.3 Å². The average molecular weight is 446 g/mol. The number of pyridine rings is 2. The number of carbonyl (C=O) groups is 1. The van der Waals surface area contributed by atoms with Gasteiger partial charge in [0.1, 0.15) is 17.5 Å². The summed E-state index contributed by atoms with van der Waals surface area (Å²) in [6.45, 7) is 3.73. The second-order valence-electron chi connectivity index (χ2n) is 7.74. The minimum Gasteiger partial charge on any atom is -0.383 e. The van der Waals surface area contributed by atoms with Crippen LogP contribution in [0.25, 0.3) is 10.9 Å². The van der Waals surface area contributed by atoms with Gasteiger partial charge in [0.15, 0.2) is 0 Å². The maximum Gasteiger partial charge on any atom is 0.254 e. The van der Waals surface area contributed by atoms with Crippen molar-refractivity contribution in [1.82, 2.24) is 25.1 Å². The molecule has 0 bridgehead atoms. The molecule has 1 amide bonds. The first-order valence-corrected chi connectivity index (χ1v) is 10.5. The second kappa shape index (κ2) is 9.15. The Morgan fingerprint density at radius 1 is 1.18 bits per heavy atom. The molecule has 0 saturated heterocycles. The lowest BCUT2D eigenvalue weighted by Gasteiger charge is -2.29.